The maximum atomic E-state index is 9.81. The molecule has 0 atom stereocenters. The van der Waals surface area contributed by atoms with Crippen LogP contribution in [0.15, 0.2) is 60.0 Å². The van der Waals surface area contributed by atoms with Crippen LogP contribution in [0.3, 0.4) is 0 Å². The molecule has 2 aromatic carbocycles. The summed E-state index contributed by atoms with van der Waals surface area (Å²) in [5.74, 6) is 1.11. The van der Waals surface area contributed by atoms with Crippen molar-refractivity contribution < 1.29 is 5.11 Å². The summed E-state index contributed by atoms with van der Waals surface area (Å²) >= 11 is 7.66. The molecule has 4 heteroatoms. The third kappa shape index (κ3) is 3.95. The Hall–Kier alpha value is -1.58. The first-order chi connectivity index (χ1) is 9.70. The molecule has 2 aromatic rings. The largest absolute Gasteiger partial charge is 0.508 e. The molecule has 0 amide bonds. The van der Waals surface area contributed by atoms with Gasteiger partial charge in [0.2, 0.25) is 0 Å². The quantitative estimate of drug-likeness (QED) is 0.586. The fraction of sp³-hybridized carbons (Fsp3) is 0.125. The number of nitrogens with one attached hydrogen (secondary N) is 1. The second kappa shape index (κ2) is 7.27. The third-order valence-corrected chi connectivity index (χ3v) is 4.06. The Balaban J connectivity index is 2.10. The first-order valence-corrected chi connectivity index (χ1v) is 7.61. The molecule has 0 aromatic heterocycles. The number of hydrogen-bond acceptors (Lipinski definition) is 3. The summed E-state index contributed by atoms with van der Waals surface area (Å²) in [7, 11) is 0. The van der Waals surface area contributed by atoms with Gasteiger partial charge in [0.15, 0.2) is 0 Å². The van der Waals surface area contributed by atoms with Gasteiger partial charge in [0.05, 0.1) is 0 Å². The van der Waals surface area contributed by atoms with Crippen molar-refractivity contribution in [2.75, 3.05) is 11.1 Å². The Morgan fingerprint density at radius 1 is 1.25 bits per heavy atom. The summed E-state index contributed by atoms with van der Waals surface area (Å²) in [6, 6.07) is 13.1. The Labute approximate surface area is 128 Å². The van der Waals surface area contributed by atoms with Crippen LogP contribution < -0.4 is 5.32 Å². The molecule has 2 rings (SSSR count). The molecule has 0 saturated carbocycles. The van der Waals surface area contributed by atoms with Crippen molar-refractivity contribution in [1.29, 1.82) is 0 Å². The highest BCUT2D eigenvalue weighted by Gasteiger charge is 2.05. The fourth-order valence-electron chi connectivity index (χ4n) is 1.77. The van der Waals surface area contributed by atoms with Crippen LogP contribution in [-0.4, -0.2) is 10.9 Å². The molecule has 0 spiro atoms. The van der Waals surface area contributed by atoms with Crippen LogP contribution in [0.4, 0.5) is 5.69 Å². The minimum absolute atomic E-state index is 0.248. The molecule has 0 bridgehead atoms. The van der Waals surface area contributed by atoms with Crippen LogP contribution in [-0.2, 0) is 6.54 Å². The zero-order valence-corrected chi connectivity index (χ0v) is 12.5. The molecule has 0 saturated heterocycles. The minimum Gasteiger partial charge on any atom is -0.508 e. The van der Waals surface area contributed by atoms with Crippen molar-refractivity contribution in [3.8, 4) is 5.75 Å². The van der Waals surface area contributed by atoms with E-state index in [1.54, 1.807) is 30.0 Å². The van der Waals surface area contributed by atoms with Gasteiger partial charge >= 0.3 is 0 Å². The Bertz CT molecular complexity index is 601. The normalized spacial score (nSPS) is 10.2. The van der Waals surface area contributed by atoms with E-state index < -0.39 is 0 Å². The molecule has 104 valence electrons. The highest BCUT2D eigenvalue weighted by atomic mass is 35.5. The average molecular weight is 306 g/mol. The van der Waals surface area contributed by atoms with Crippen LogP contribution in [0.5, 0.6) is 5.75 Å². The fourth-order valence-corrected chi connectivity index (χ4v) is 2.74. The van der Waals surface area contributed by atoms with E-state index in [9.17, 15) is 5.11 Å². The summed E-state index contributed by atoms with van der Waals surface area (Å²) in [6.07, 6.45) is 1.88. The summed E-state index contributed by atoms with van der Waals surface area (Å²) < 4.78 is 0. The van der Waals surface area contributed by atoms with E-state index in [1.165, 1.54) is 0 Å². The highest BCUT2D eigenvalue weighted by Crippen LogP contribution is 2.28. The van der Waals surface area contributed by atoms with E-state index >= 15 is 0 Å². The Kier molecular flexibility index (Phi) is 5.39. The van der Waals surface area contributed by atoms with Crippen LogP contribution >= 0.6 is 23.4 Å². The van der Waals surface area contributed by atoms with E-state index in [1.807, 2.05) is 24.3 Å². The molecule has 0 aliphatic carbocycles. The lowest BCUT2D eigenvalue weighted by Crippen LogP contribution is -2.01. The van der Waals surface area contributed by atoms with Gasteiger partial charge in [-0.05, 0) is 30.3 Å². The van der Waals surface area contributed by atoms with Crippen LogP contribution in [0, 0.1) is 0 Å². The number of aromatic hydroxyl groups is 1. The predicted octanol–water partition coefficient (Wildman–Crippen LogP) is 4.94. The lowest BCUT2D eigenvalue weighted by molar-refractivity contribution is 0.469. The second-order valence-electron chi connectivity index (χ2n) is 4.22. The molecule has 2 N–H and O–H groups in total. The second-order valence-corrected chi connectivity index (χ2v) is 5.72. The predicted molar refractivity (Wildman–Crippen MR) is 87.8 cm³/mol. The first-order valence-electron chi connectivity index (χ1n) is 6.24. The van der Waals surface area contributed by atoms with Crippen LogP contribution in [0.25, 0.3) is 0 Å². The summed E-state index contributed by atoms with van der Waals surface area (Å²) in [4.78, 5) is 1.16. The van der Waals surface area contributed by atoms with Crippen LogP contribution in [0.2, 0.25) is 5.02 Å². The molecule has 20 heavy (non-hydrogen) atoms. The van der Waals surface area contributed by atoms with E-state index in [0.717, 1.165) is 21.9 Å². The monoisotopic (exact) mass is 305 g/mol. The summed E-state index contributed by atoms with van der Waals surface area (Å²) in [5.41, 5.74) is 1.82. The SMILES string of the molecule is C=CCSc1ccccc1NCc1cc(Cl)ccc1O. The zero-order valence-electron chi connectivity index (χ0n) is 11.0. The topological polar surface area (TPSA) is 32.3 Å². The number of halogens is 1. The molecule has 0 radical (unpaired) electrons. The molecular weight excluding hydrogens is 290 g/mol. The van der Waals surface area contributed by atoms with E-state index in [4.69, 9.17) is 11.6 Å². The Morgan fingerprint density at radius 2 is 2.05 bits per heavy atom. The van der Waals surface area contributed by atoms with Crippen molar-refractivity contribution in [1.82, 2.24) is 0 Å². The minimum atomic E-state index is 0.248. The van der Waals surface area contributed by atoms with Gasteiger partial charge in [0.1, 0.15) is 5.75 Å². The number of phenolic OH excluding ortho intramolecular Hbond substituents is 1. The maximum absolute atomic E-state index is 9.81. The van der Waals surface area contributed by atoms with Crippen molar-refractivity contribution in [2.45, 2.75) is 11.4 Å². The van der Waals surface area contributed by atoms with Gasteiger partial charge in [-0.25, -0.2) is 0 Å². The standard InChI is InChI=1S/C16H16ClNOS/c1-2-9-20-16-6-4-3-5-14(16)18-11-12-10-13(17)7-8-15(12)19/h2-8,10,18-19H,1,9,11H2. The first kappa shape index (κ1) is 14.8. The van der Waals surface area contributed by atoms with Crippen molar-refractivity contribution in [3.05, 3.63) is 65.7 Å². The van der Waals surface area contributed by atoms with Gasteiger partial charge in [0.25, 0.3) is 0 Å². The molecule has 0 unspecified atom stereocenters. The molecular formula is C16H16ClNOS. The van der Waals surface area contributed by atoms with Gasteiger partial charge in [-0.1, -0.05) is 29.8 Å². The molecule has 2 nitrogen and oxygen atoms in total. The number of hydrogen-bond donors (Lipinski definition) is 2. The third-order valence-electron chi connectivity index (χ3n) is 2.75. The lowest BCUT2D eigenvalue weighted by Gasteiger charge is -2.12. The number of phenols is 1. The van der Waals surface area contributed by atoms with Crippen molar-refractivity contribution >= 4 is 29.1 Å². The van der Waals surface area contributed by atoms with Gasteiger partial charge in [-0.2, -0.15) is 0 Å². The lowest BCUT2D eigenvalue weighted by atomic mass is 10.2. The van der Waals surface area contributed by atoms with Crippen molar-refractivity contribution in [2.24, 2.45) is 0 Å². The number of para-hydroxylation sites is 1. The average Bonchev–Trinajstić information content (AvgIpc) is 2.47. The molecule has 0 aliphatic heterocycles. The van der Waals surface area contributed by atoms with E-state index in [2.05, 4.69) is 18.0 Å². The van der Waals surface area contributed by atoms with Gasteiger partial charge in [0, 0.05) is 33.5 Å². The van der Waals surface area contributed by atoms with Gasteiger partial charge < -0.3 is 10.4 Å². The zero-order chi connectivity index (χ0) is 14.4. The number of rotatable bonds is 6. The smallest absolute Gasteiger partial charge is 0.120 e. The number of thioether (sulfide) groups is 1. The van der Waals surface area contributed by atoms with E-state index in [0.29, 0.717) is 11.6 Å². The van der Waals surface area contributed by atoms with Gasteiger partial charge in [-0.3, -0.25) is 0 Å². The molecule has 0 heterocycles. The summed E-state index contributed by atoms with van der Waals surface area (Å²) in [6.45, 7) is 4.26. The maximum Gasteiger partial charge on any atom is 0.120 e. The van der Waals surface area contributed by atoms with Crippen molar-refractivity contribution in [3.63, 3.8) is 0 Å². The van der Waals surface area contributed by atoms with E-state index in [-0.39, 0.29) is 5.75 Å². The molecule has 0 fully saturated rings. The Morgan fingerprint density at radius 3 is 2.85 bits per heavy atom. The number of benzene rings is 2. The summed E-state index contributed by atoms with van der Waals surface area (Å²) in [5, 5.41) is 13.8. The highest BCUT2D eigenvalue weighted by molar-refractivity contribution is 7.99. The van der Waals surface area contributed by atoms with Gasteiger partial charge in [-0.15, -0.1) is 18.3 Å². The number of anilines is 1. The van der Waals surface area contributed by atoms with Crippen LogP contribution in [0.1, 0.15) is 5.56 Å². The molecule has 0 aliphatic rings.